The maximum Gasteiger partial charge on any atom is 0.237 e. The van der Waals surface area contributed by atoms with Crippen LogP contribution in [0.25, 0.3) is 0 Å². The third-order valence-electron chi connectivity index (χ3n) is 4.32. The second kappa shape index (κ2) is 6.53. The van der Waals surface area contributed by atoms with Crippen molar-refractivity contribution in [2.45, 2.75) is 70.1 Å². The second-order valence-electron chi connectivity index (χ2n) is 5.95. The first-order chi connectivity index (χ1) is 8.65. The molecule has 3 atom stereocenters. The Labute approximate surface area is 110 Å². The van der Waals surface area contributed by atoms with Gasteiger partial charge in [0.25, 0.3) is 0 Å². The van der Waals surface area contributed by atoms with Crippen LogP contribution in [0.3, 0.4) is 0 Å². The van der Waals surface area contributed by atoms with E-state index >= 15 is 0 Å². The first-order valence-corrected chi connectivity index (χ1v) is 7.37. The number of amides is 1. The zero-order chi connectivity index (χ0) is 13.0. The van der Waals surface area contributed by atoms with E-state index in [9.17, 15) is 9.90 Å². The Morgan fingerprint density at radius 3 is 2.61 bits per heavy atom. The van der Waals surface area contributed by atoms with Crippen LogP contribution in [0.2, 0.25) is 0 Å². The molecule has 2 aliphatic carbocycles. The van der Waals surface area contributed by atoms with Crippen molar-refractivity contribution in [3.05, 3.63) is 0 Å². The SMILES string of the molecule is CC(NCC1CCC(O)C1)C(=O)NC1CCCC1. The van der Waals surface area contributed by atoms with Crippen molar-refractivity contribution >= 4 is 5.91 Å². The minimum Gasteiger partial charge on any atom is -0.393 e. The summed E-state index contributed by atoms with van der Waals surface area (Å²) in [5.41, 5.74) is 0. The fourth-order valence-corrected chi connectivity index (χ4v) is 3.07. The normalized spacial score (nSPS) is 30.6. The van der Waals surface area contributed by atoms with Gasteiger partial charge in [-0.3, -0.25) is 4.79 Å². The van der Waals surface area contributed by atoms with Crippen molar-refractivity contribution in [2.24, 2.45) is 5.92 Å². The number of aliphatic hydroxyl groups excluding tert-OH is 1. The summed E-state index contributed by atoms with van der Waals surface area (Å²) >= 11 is 0. The largest absolute Gasteiger partial charge is 0.393 e. The Kier molecular flexibility index (Phi) is 5.01. The van der Waals surface area contributed by atoms with E-state index in [2.05, 4.69) is 10.6 Å². The van der Waals surface area contributed by atoms with Crippen LogP contribution in [0.1, 0.15) is 51.9 Å². The molecule has 18 heavy (non-hydrogen) atoms. The Morgan fingerprint density at radius 1 is 1.28 bits per heavy atom. The van der Waals surface area contributed by atoms with Gasteiger partial charge in [-0.05, 0) is 51.5 Å². The van der Waals surface area contributed by atoms with E-state index < -0.39 is 0 Å². The van der Waals surface area contributed by atoms with Crippen LogP contribution in [-0.4, -0.2) is 35.7 Å². The minimum absolute atomic E-state index is 0.122. The molecule has 0 aliphatic heterocycles. The monoisotopic (exact) mass is 254 g/mol. The molecule has 0 saturated heterocycles. The highest BCUT2D eigenvalue weighted by Gasteiger charge is 2.24. The lowest BCUT2D eigenvalue weighted by atomic mass is 10.1. The molecule has 4 nitrogen and oxygen atoms in total. The molecule has 0 bridgehead atoms. The van der Waals surface area contributed by atoms with Gasteiger partial charge in [0.15, 0.2) is 0 Å². The molecule has 2 aliphatic rings. The van der Waals surface area contributed by atoms with Gasteiger partial charge < -0.3 is 15.7 Å². The lowest BCUT2D eigenvalue weighted by molar-refractivity contribution is -0.123. The summed E-state index contributed by atoms with van der Waals surface area (Å²) in [4.78, 5) is 11.9. The Hall–Kier alpha value is -0.610. The van der Waals surface area contributed by atoms with Crippen LogP contribution in [-0.2, 0) is 4.79 Å². The summed E-state index contributed by atoms with van der Waals surface area (Å²) in [6.45, 7) is 2.77. The van der Waals surface area contributed by atoms with E-state index in [1.54, 1.807) is 0 Å². The Bertz CT molecular complexity index is 277. The first-order valence-electron chi connectivity index (χ1n) is 7.37. The van der Waals surface area contributed by atoms with Crippen LogP contribution in [0.4, 0.5) is 0 Å². The van der Waals surface area contributed by atoms with Crippen molar-refractivity contribution in [1.29, 1.82) is 0 Å². The van der Waals surface area contributed by atoms with Gasteiger partial charge in [-0.1, -0.05) is 12.8 Å². The van der Waals surface area contributed by atoms with Crippen molar-refractivity contribution in [3.63, 3.8) is 0 Å². The molecule has 1 amide bonds. The predicted octanol–water partition coefficient (Wildman–Crippen LogP) is 1.18. The van der Waals surface area contributed by atoms with Crippen LogP contribution in [0, 0.1) is 5.92 Å². The molecule has 0 aromatic carbocycles. The van der Waals surface area contributed by atoms with Crippen LogP contribution in [0.5, 0.6) is 0 Å². The molecule has 3 N–H and O–H groups in total. The third kappa shape index (κ3) is 3.95. The summed E-state index contributed by atoms with van der Waals surface area (Å²) in [6, 6.07) is 0.276. The van der Waals surface area contributed by atoms with Crippen LogP contribution >= 0.6 is 0 Å². The lowest BCUT2D eigenvalue weighted by Gasteiger charge is -2.19. The maximum absolute atomic E-state index is 11.9. The van der Waals surface area contributed by atoms with Gasteiger partial charge in [0.1, 0.15) is 0 Å². The number of hydrogen-bond donors (Lipinski definition) is 3. The van der Waals surface area contributed by atoms with Gasteiger partial charge in [-0.25, -0.2) is 0 Å². The van der Waals surface area contributed by atoms with E-state index in [1.807, 2.05) is 6.92 Å². The Balaban J connectivity index is 1.63. The summed E-state index contributed by atoms with van der Waals surface area (Å²) in [7, 11) is 0. The van der Waals surface area contributed by atoms with Gasteiger partial charge >= 0.3 is 0 Å². The summed E-state index contributed by atoms with van der Waals surface area (Å²) in [6.07, 6.45) is 7.49. The van der Waals surface area contributed by atoms with Gasteiger partial charge in [-0.2, -0.15) is 0 Å². The van der Waals surface area contributed by atoms with Crippen molar-refractivity contribution < 1.29 is 9.90 Å². The highest BCUT2D eigenvalue weighted by atomic mass is 16.3. The maximum atomic E-state index is 11.9. The van der Waals surface area contributed by atoms with Crippen LogP contribution in [0.15, 0.2) is 0 Å². The molecular weight excluding hydrogens is 228 g/mol. The molecular formula is C14H26N2O2. The second-order valence-corrected chi connectivity index (χ2v) is 5.95. The molecule has 0 aromatic rings. The molecule has 2 rings (SSSR count). The molecule has 2 fully saturated rings. The standard InChI is InChI=1S/C14H26N2O2/c1-10(14(18)16-12-4-2-3-5-12)15-9-11-6-7-13(17)8-11/h10-13,15,17H,2-9H2,1H3,(H,16,18). The predicted molar refractivity (Wildman–Crippen MR) is 71.2 cm³/mol. The van der Waals surface area contributed by atoms with E-state index in [4.69, 9.17) is 0 Å². The number of carbonyl (C=O) groups excluding carboxylic acids is 1. The molecule has 2 saturated carbocycles. The zero-order valence-corrected chi connectivity index (χ0v) is 11.3. The van der Waals surface area contributed by atoms with E-state index in [0.29, 0.717) is 12.0 Å². The van der Waals surface area contributed by atoms with Gasteiger partial charge in [-0.15, -0.1) is 0 Å². The molecule has 3 unspecified atom stereocenters. The van der Waals surface area contributed by atoms with Crippen molar-refractivity contribution in [1.82, 2.24) is 10.6 Å². The van der Waals surface area contributed by atoms with E-state index in [-0.39, 0.29) is 18.1 Å². The summed E-state index contributed by atoms with van der Waals surface area (Å²) in [5, 5.41) is 15.9. The van der Waals surface area contributed by atoms with Crippen LogP contribution < -0.4 is 10.6 Å². The van der Waals surface area contributed by atoms with Gasteiger partial charge in [0, 0.05) is 6.04 Å². The zero-order valence-electron chi connectivity index (χ0n) is 11.3. The molecule has 104 valence electrons. The highest BCUT2D eigenvalue weighted by Crippen LogP contribution is 2.24. The van der Waals surface area contributed by atoms with Gasteiger partial charge in [0.05, 0.1) is 12.1 Å². The van der Waals surface area contributed by atoms with Crippen molar-refractivity contribution in [3.8, 4) is 0 Å². The quantitative estimate of drug-likeness (QED) is 0.690. The van der Waals surface area contributed by atoms with E-state index in [1.165, 1.54) is 12.8 Å². The molecule has 0 spiro atoms. The topological polar surface area (TPSA) is 61.4 Å². The fraction of sp³-hybridized carbons (Fsp3) is 0.929. The fourth-order valence-electron chi connectivity index (χ4n) is 3.07. The molecule has 0 radical (unpaired) electrons. The van der Waals surface area contributed by atoms with Gasteiger partial charge in [0.2, 0.25) is 5.91 Å². The number of carbonyl (C=O) groups is 1. The molecule has 0 heterocycles. The summed E-state index contributed by atoms with van der Waals surface area (Å²) < 4.78 is 0. The van der Waals surface area contributed by atoms with E-state index in [0.717, 1.165) is 38.6 Å². The summed E-state index contributed by atoms with van der Waals surface area (Å²) in [5.74, 6) is 0.655. The smallest absolute Gasteiger partial charge is 0.237 e. The number of aliphatic hydroxyl groups is 1. The lowest BCUT2D eigenvalue weighted by Crippen LogP contribution is -2.46. The molecule has 0 aromatic heterocycles. The minimum atomic E-state index is -0.126. The first kappa shape index (κ1) is 13.8. The average Bonchev–Trinajstić information content (AvgIpc) is 2.97. The Morgan fingerprint density at radius 2 is 2.00 bits per heavy atom. The highest BCUT2D eigenvalue weighted by molar-refractivity contribution is 5.81. The number of rotatable bonds is 5. The van der Waals surface area contributed by atoms with Crippen molar-refractivity contribution in [2.75, 3.05) is 6.54 Å². The molecule has 4 heteroatoms. The number of hydrogen-bond acceptors (Lipinski definition) is 3. The average molecular weight is 254 g/mol. The third-order valence-corrected chi connectivity index (χ3v) is 4.32. The number of nitrogens with one attached hydrogen (secondary N) is 2.